The standard InChI is InChI=1S/C17H32N4/c1-8-21-14(9-13(2)19-21)10-20-11-15(16(3,4)5)18-12-17(20,6)7/h9,15,18H,8,10-12H2,1-7H3. The fourth-order valence-corrected chi connectivity index (χ4v) is 3.07. The van der Waals surface area contributed by atoms with Gasteiger partial charge in [-0.25, -0.2) is 0 Å². The summed E-state index contributed by atoms with van der Waals surface area (Å²) < 4.78 is 2.14. The van der Waals surface area contributed by atoms with Gasteiger partial charge < -0.3 is 5.32 Å². The molecular weight excluding hydrogens is 260 g/mol. The highest BCUT2D eigenvalue weighted by Gasteiger charge is 2.38. The van der Waals surface area contributed by atoms with Crippen molar-refractivity contribution in [2.75, 3.05) is 13.1 Å². The van der Waals surface area contributed by atoms with Crippen LogP contribution in [0.25, 0.3) is 0 Å². The minimum atomic E-state index is 0.179. The van der Waals surface area contributed by atoms with E-state index in [2.05, 4.69) is 74.5 Å². The monoisotopic (exact) mass is 292 g/mol. The molecule has 1 unspecified atom stereocenters. The van der Waals surface area contributed by atoms with Gasteiger partial charge in [0.05, 0.1) is 11.4 Å². The summed E-state index contributed by atoms with van der Waals surface area (Å²) in [6.45, 7) is 19.9. The van der Waals surface area contributed by atoms with Crippen molar-refractivity contribution in [2.24, 2.45) is 5.41 Å². The minimum Gasteiger partial charge on any atom is -0.310 e. The first-order chi connectivity index (χ1) is 9.63. The summed E-state index contributed by atoms with van der Waals surface area (Å²) in [6.07, 6.45) is 0. The van der Waals surface area contributed by atoms with Gasteiger partial charge in [0, 0.05) is 37.8 Å². The molecule has 21 heavy (non-hydrogen) atoms. The Kier molecular flexibility index (Phi) is 4.50. The summed E-state index contributed by atoms with van der Waals surface area (Å²) in [5.41, 5.74) is 2.92. The van der Waals surface area contributed by atoms with Crippen LogP contribution in [0.3, 0.4) is 0 Å². The van der Waals surface area contributed by atoms with Crippen LogP contribution in [0.2, 0.25) is 0 Å². The molecule has 0 bridgehead atoms. The van der Waals surface area contributed by atoms with E-state index in [9.17, 15) is 0 Å². The van der Waals surface area contributed by atoms with Crippen LogP contribution < -0.4 is 5.32 Å². The summed E-state index contributed by atoms with van der Waals surface area (Å²) in [4.78, 5) is 2.61. The van der Waals surface area contributed by atoms with Gasteiger partial charge in [-0.3, -0.25) is 9.58 Å². The molecule has 1 aromatic rings. The number of aryl methyl sites for hydroxylation is 2. The van der Waals surface area contributed by atoms with E-state index in [0.29, 0.717) is 6.04 Å². The zero-order valence-corrected chi connectivity index (χ0v) is 14.8. The van der Waals surface area contributed by atoms with Gasteiger partial charge in [0.1, 0.15) is 0 Å². The van der Waals surface area contributed by atoms with Gasteiger partial charge in [-0.2, -0.15) is 5.10 Å². The number of nitrogens with zero attached hydrogens (tertiary/aromatic N) is 3. The van der Waals surface area contributed by atoms with E-state index in [0.717, 1.165) is 31.9 Å². The summed E-state index contributed by atoms with van der Waals surface area (Å²) in [5, 5.41) is 8.32. The molecule has 1 aliphatic heterocycles. The van der Waals surface area contributed by atoms with Crippen LogP contribution in [-0.4, -0.2) is 39.4 Å². The van der Waals surface area contributed by atoms with Gasteiger partial charge in [0.2, 0.25) is 0 Å². The van der Waals surface area contributed by atoms with E-state index in [1.807, 2.05) is 0 Å². The van der Waals surface area contributed by atoms with Crippen molar-refractivity contribution in [2.45, 2.75) is 73.1 Å². The number of hydrogen-bond donors (Lipinski definition) is 1. The molecule has 1 aromatic heterocycles. The number of hydrogen-bond acceptors (Lipinski definition) is 3. The molecule has 1 N–H and O–H groups in total. The highest BCUT2D eigenvalue weighted by atomic mass is 15.3. The Morgan fingerprint density at radius 3 is 2.62 bits per heavy atom. The lowest BCUT2D eigenvalue weighted by Gasteiger charge is -2.49. The lowest BCUT2D eigenvalue weighted by atomic mass is 9.83. The quantitative estimate of drug-likeness (QED) is 0.930. The SMILES string of the molecule is CCn1nc(C)cc1CN1CC(C(C)(C)C)NCC1(C)C. The van der Waals surface area contributed by atoms with E-state index in [1.54, 1.807) is 0 Å². The molecule has 1 fully saturated rings. The molecule has 4 nitrogen and oxygen atoms in total. The maximum absolute atomic E-state index is 4.58. The van der Waals surface area contributed by atoms with E-state index in [1.165, 1.54) is 5.69 Å². The molecule has 1 saturated heterocycles. The van der Waals surface area contributed by atoms with E-state index in [-0.39, 0.29) is 11.0 Å². The number of rotatable bonds is 3. The average molecular weight is 292 g/mol. The van der Waals surface area contributed by atoms with Crippen molar-refractivity contribution < 1.29 is 0 Å². The first-order valence-corrected chi connectivity index (χ1v) is 8.15. The molecule has 0 radical (unpaired) electrons. The Hall–Kier alpha value is -0.870. The maximum atomic E-state index is 4.58. The van der Waals surface area contributed by atoms with Gasteiger partial charge in [-0.1, -0.05) is 20.8 Å². The van der Waals surface area contributed by atoms with Crippen LogP contribution in [0.5, 0.6) is 0 Å². The topological polar surface area (TPSA) is 33.1 Å². The second-order valence-corrected chi connectivity index (χ2v) is 8.09. The van der Waals surface area contributed by atoms with Crippen molar-refractivity contribution in [3.8, 4) is 0 Å². The Morgan fingerprint density at radius 2 is 2.05 bits per heavy atom. The fraction of sp³-hybridized carbons (Fsp3) is 0.824. The highest BCUT2D eigenvalue weighted by Crippen LogP contribution is 2.28. The average Bonchev–Trinajstić information content (AvgIpc) is 2.70. The summed E-state index contributed by atoms with van der Waals surface area (Å²) in [7, 11) is 0. The summed E-state index contributed by atoms with van der Waals surface area (Å²) in [5.74, 6) is 0. The Labute approximate surface area is 129 Å². The van der Waals surface area contributed by atoms with Crippen molar-refractivity contribution in [1.82, 2.24) is 20.0 Å². The predicted molar refractivity (Wildman–Crippen MR) is 88.4 cm³/mol. The zero-order valence-electron chi connectivity index (χ0n) is 14.8. The fourth-order valence-electron chi connectivity index (χ4n) is 3.07. The van der Waals surface area contributed by atoms with Gasteiger partial charge >= 0.3 is 0 Å². The van der Waals surface area contributed by atoms with E-state index in [4.69, 9.17) is 0 Å². The molecular formula is C17H32N4. The Bertz CT molecular complexity index is 481. The van der Waals surface area contributed by atoms with Gasteiger partial charge in [-0.15, -0.1) is 0 Å². The molecule has 0 saturated carbocycles. The van der Waals surface area contributed by atoms with Gasteiger partial charge in [0.15, 0.2) is 0 Å². The number of aromatic nitrogens is 2. The third-order valence-corrected chi connectivity index (χ3v) is 4.72. The molecule has 1 aliphatic rings. The van der Waals surface area contributed by atoms with Crippen LogP contribution in [-0.2, 0) is 13.1 Å². The summed E-state index contributed by atoms with van der Waals surface area (Å²) >= 11 is 0. The van der Waals surface area contributed by atoms with E-state index < -0.39 is 0 Å². The number of piperazine rings is 1. The smallest absolute Gasteiger partial charge is 0.0597 e. The minimum absolute atomic E-state index is 0.179. The maximum Gasteiger partial charge on any atom is 0.0597 e. The van der Waals surface area contributed by atoms with Crippen LogP contribution in [0, 0.1) is 12.3 Å². The van der Waals surface area contributed by atoms with Crippen molar-refractivity contribution in [3.63, 3.8) is 0 Å². The van der Waals surface area contributed by atoms with Crippen LogP contribution >= 0.6 is 0 Å². The lowest BCUT2D eigenvalue weighted by Crippen LogP contribution is -2.64. The van der Waals surface area contributed by atoms with Crippen molar-refractivity contribution >= 4 is 0 Å². The lowest BCUT2D eigenvalue weighted by molar-refractivity contribution is 0.0276. The molecule has 120 valence electrons. The first kappa shape index (κ1) is 16.5. The molecule has 2 heterocycles. The molecule has 0 aliphatic carbocycles. The molecule has 2 rings (SSSR count). The third kappa shape index (κ3) is 3.67. The second kappa shape index (κ2) is 5.73. The van der Waals surface area contributed by atoms with Crippen LogP contribution in [0.15, 0.2) is 6.07 Å². The third-order valence-electron chi connectivity index (χ3n) is 4.72. The highest BCUT2D eigenvalue weighted by molar-refractivity contribution is 5.10. The normalized spacial score (nSPS) is 23.5. The largest absolute Gasteiger partial charge is 0.310 e. The Morgan fingerprint density at radius 1 is 1.38 bits per heavy atom. The molecule has 0 aromatic carbocycles. The van der Waals surface area contributed by atoms with Gasteiger partial charge in [-0.05, 0) is 39.2 Å². The van der Waals surface area contributed by atoms with Crippen LogP contribution in [0.4, 0.5) is 0 Å². The van der Waals surface area contributed by atoms with Crippen molar-refractivity contribution in [3.05, 3.63) is 17.5 Å². The van der Waals surface area contributed by atoms with Crippen LogP contribution in [0.1, 0.15) is 52.9 Å². The zero-order chi connectivity index (χ0) is 15.8. The second-order valence-electron chi connectivity index (χ2n) is 8.09. The summed E-state index contributed by atoms with van der Waals surface area (Å²) in [6, 6.07) is 2.76. The predicted octanol–water partition coefficient (Wildman–Crippen LogP) is 2.81. The van der Waals surface area contributed by atoms with Gasteiger partial charge in [0.25, 0.3) is 0 Å². The molecule has 4 heteroatoms. The molecule has 0 spiro atoms. The molecule has 0 amide bonds. The molecule has 1 atom stereocenters. The number of nitrogens with one attached hydrogen (secondary N) is 1. The Balaban J connectivity index is 2.18. The first-order valence-electron chi connectivity index (χ1n) is 8.15. The van der Waals surface area contributed by atoms with E-state index >= 15 is 0 Å². The van der Waals surface area contributed by atoms with Crippen molar-refractivity contribution in [1.29, 1.82) is 0 Å².